The molecule has 5 rings (SSSR count). The fourth-order valence-electron chi connectivity index (χ4n) is 3.65. The summed E-state index contributed by atoms with van der Waals surface area (Å²) in [5, 5.41) is 24.5. The average molecular weight is 402 g/mol. The zero-order valence-electron chi connectivity index (χ0n) is 16.5. The number of aromatic nitrogens is 8. The van der Waals surface area contributed by atoms with Crippen molar-refractivity contribution in [2.45, 2.75) is 13.1 Å². The summed E-state index contributed by atoms with van der Waals surface area (Å²) in [6, 6.07) is 20.0. The number of tetrazole rings is 2. The molecule has 0 bridgehead atoms. The van der Waals surface area contributed by atoms with Gasteiger partial charge in [-0.2, -0.15) is 9.36 Å². The molecule has 0 N–H and O–H groups in total. The molecule has 0 saturated carbocycles. The molecule has 0 unspecified atom stereocenters. The Balaban J connectivity index is 1.20. The largest absolute Gasteiger partial charge is 0.293 e. The maximum Gasteiger partial charge on any atom is 0.170 e. The second kappa shape index (κ2) is 8.47. The lowest BCUT2D eigenvalue weighted by atomic mass is 10.3. The first-order chi connectivity index (χ1) is 14.9. The summed E-state index contributed by atoms with van der Waals surface area (Å²) in [7, 11) is 0. The third-order valence-corrected chi connectivity index (χ3v) is 5.26. The van der Waals surface area contributed by atoms with Crippen LogP contribution in [0.1, 0.15) is 11.6 Å². The second-order valence-corrected chi connectivity index (χ2v) is 7.24. The topological polar surface area (TPSA) is 93.7 Å². The summed E-state index contributed by atoms with van der Waals surface area (Å²) in [5.74, 6) is 1.70. The molecule has 4 aromatic rings. The van der Waals surface area contributed by atoms with E-state index in [-0.39, 0.29) is 0 Å². The van der Waals surface area contributed by atoms with Crippen LogP contribution >= 0.6 is 0 Å². The molecule has 0 radical (unpaired) electrons. The molecule has 1 fully saturated rings. The number of hydrogen-bond donors (Lipinski definition) is 0. The van der Waals surface area contributed by atoms with E-state index < -0.39 is 0 Å². The van der Waals surface area contributed by atoms with Crippen LogP contribution in [0.4, 0.5) is 0 Å². The third kappa shape index (κ3) is 3.95. The molecule has 1 saturated heterocycles. The lowest BCUT2D eigenvalue weighted by Gasteiger charge is -2.33. The normalized spacial score (nSPS) is 15.5. The molecule has 0 amide bonds. The fraction of sp³-hybridized carbons (Fsp3) is 0.300. The minimum Gasteiger partial charge on any atom is -0.293 e. The van der Waals surface area contributed by atoms with Crippen LogP contribution in [0.3, 0.4) is 0 Å². The molecule has 30 heavy (non-hydrogen) atoms. The summed E-state index contributed by atoms with van der Waals surface area (Å²) in [5.41, 5.74) is 1.95. The van der Waals surface area contributed by atoms with Crippen LogP contribution in [0.5, 0.6) is 0 Å². The van der Waals surface area contributed by atoms with Crippen LogP contribution in [-0.2, 0) is 13.1 Å². The first-order valence-corrected chi connectivity index (χ1v) is 9.97. The monoisotopic (exact) mass is 402 g/mol. The molecule has 10 heteroatoms. The van der Waals surface area contributed by atoms with Crippen molar-refractivity contribution >= 4 is 0 Å². The minimum absolute atomic E-state index is 0.720. The molecular formula is C20H22N10. The van der Waals surface area contributed by atoms with E-state index in [2.05, 4.69) is 40.9 Å². The summed E-state index contributed by atoms with van der Waals surface area (Å²) < 4.78 is 3.61. The maximum atomic E-state index is 4.23. The third-order valence-electron chi connectivity index (χ3n) is 5.26. The summed E-state index contributed by atoms with van der Waals surface area (Å²) in [4.78, 5) is 4.75. The van der Waals surface area contributed by atoms with E-state index >= 15 is 0 Å². The molecule has 2 aromatic heterocycles. The van der Waals surface area contributed by atoms with E-state index in [1.165, 1.54) is 0 Å². The van der Waals surface area contributed by atoms with Crippen molar-refractivity contribution in [1.82, 2.24) is 50.2 Å². The zero-order valence-corrected chi connectivity index (χ0v) is 16.5. The predicted octanol–water partition coefficient (Wildman–Crippen LogP) is 0.956. The number of piperazine rings is 1. The van der Waals surface area contributed by atoms with Gasteiger partial charge in [-0.25, -0.2) is 0 Å². The van der Waals surface area contributed by atoms with Crippen LogP contribution in [-0.4, -0.2) is 76.4 Å². The quantitative estimate of drug-likeness (QED) is 0.471. The first-order valence-electron chi connectivity index (χ1n) is 9.97. The van der Waals surface area contributed by atoms with Gasteiger partial charge in [0.1, 0.15) is 0 Å². The lowest BCUT2D eigenvalue weighted by Crippen LogP contribution is -2.46. The Bertz CT molecular complexity index is 979. The van der Waals surface area contributed by atoms with Gasteiger partial charge in [0.05, 0.1) is 24.5 Å². The zero-order chi connectivity index (χ0) is 20.2. The van der Waals surface area contributed by atoms with Crippen molar-refractivity contribution < 1.29 is 0 Å². The Morgan fingerprint density at radius 2 is 0.967 bits per heavy atom. The number of hydrogen-bond acceptors (Lipinski definition) is 8. The highest BCUT2D eigenvalue weighted by Gasteiger charge is 2.21. The standard InChI is InChI=1S/C20H22N10/c1-3-7-17(8-4-1)29-19(21-23-25-29)15-27-11-13-28(14-12-27)16-20-22-24-26-30(20)18-9-5-2-6-10-18/h1-10H,11-16H2. The Morgan fingerprint density at radius 1 is 0.567 bits per heavy atom. The molecule has 2 aromatic carbocycles. The summed E-state index contributed by atoms with van der Waals surface area (Å²) in [6.45, 7) is 5.20. The van der Waals surface area contributed by atoms with Gasteiger partial charge >= 0.3 is 0 Å². The van der Waals surface area contributed by atoms with Crippen LogP contribution in [0.25, 0.3) is 11.4 Å². The highest BCUT2D eigenvalue weighted by atomic mass is 15.6. The summed E-state index contributed by atoms with van der Waals surface area (Å²) >= 11 is 0. The van der Waals surface area contributed by atoms with Crippen LogP contribution in [0.15, 0.2) is 60.7 Å². The minimum atomic E-state index is 0.720. The maximum absolute atomic E-state index is 4.23. The van der Waals surface area contributed by atoms with Gasteiger partial charge in [0.25, 0.3) is 0 Å². The first kappa shape index (κ1) is 18.5. The van der Waals surface area contributed by atoms with Gasteiger partial charge in [-0.3, -0.25) is 9.80 Å². The molecule has 1 aliphatic heterocycles. The number of nitrogens with zero attached hydrogens (tertiary/aromatic N) is 10. The van der Waals surface area contributed by atoms with E-state index in [4.69, 9.17) is 0 Å². The van der Waals surface area contributed by atoms with Crippen LogP contribution < -0.4 is 0 Å². The van der Waals surface area contributed by atoms with Gasteiger partial charge in [-0.1, -0.05) is 36.4 Å². The smallest absolute Gasteiger partial charge is 0.170 e. The molecule has 10 nitrogen and oxygen atoms in total. The van der Waals surface area contributed by atoms with E-state index in [1.54, 1.807) is 9.36 Å². The van der Waals surface area contributed by atoms with Crippen molar-refractivity contribution in [2.75, 3.05) is 26.2 Å². The van der Waals surface area contributed by atoms with Gasteiger partial charge in [0.2, 0.25) is 0 Å². The molecule has 0 spiro atoms. The molecule has 1 aliphatic rings. The van der Waals surface area contributed by atoms with Crippen LogP contribution in [0, 0.1) is 0 Å². The highest BCUT2D eigenvalue weighted by molar-refractivity contribution is 5.31. The van der Waals surface area contributed by atoms with Gasteiger partial charge < -0.3 is 0 Å². The van der Waals surface area contributed by atoms with Gasteiger partial charge in [-0.05, 0) is 45.1 Å². The van der Waals surface area contributed by atoms with E-state index in [1.807, 2.05) is 60.7 Å². The Kier molecular flexibility index (Phi) is 5.23. The van der Waals surface area contributed by atoms with Crippen molar-refractivity contribution in [1.29, 1.82) is 0 Å². The molecule has 152 valence electrons. The van der Waals surface area contributed by atoms with Crippen molar-refractivity contribution in [3.63, 3.8) is 0 Å². The predicted molar refractivity (Wildman–Crippen MR) is 109 cm³/mol. The Labute approximate surface area is 173 Å². The van der Waals surface area contributed by atoms with Crippen molar-refractivity contribution in [3.05, 3.63) is 72.3 Å². The number of para-hydroxylation sites is 2. The SMILES string of the molecule is c1ccc(-n2nnnc2CN2CCN(Cc3nnnn3-c3ccccc3)CC2)cc1. The van der Waals surface area contributed by atoms with Gasteiger partial charge in [0.15, 0.2) is 11.6 Å². The molecule has 0 aliphatic carbocycles. The van der Waals surface area contributed by atoms with Gasteiger partial charge in [0, 0.05) is 26.2 Å². The van der Waals surface area contributed by atoms with E-state index in [0.717, 1.165) is 62.3 Å². The van der Waals surface area contributed by atoms with Crippen molar-refractivity contribution in [3.8, 4) is 11.4 Å². The number of benzene rings is 2. The van der Waals surface area contributed by atoms with Crippen LogP contribution in [0.2, 0.25) is 0 Å². The average Bonchev–Trinajstić information content (AvgIpc) is 3.46. The molecule has 0 atom stereocenters. The second-order valence-electron chi connectivity index (χ2n) is 7.24. The molecular weight excluding hydrogens is 380 g/mol. The highest BCUT2D eigenvalue weighted by Crippen LogP contribution is 2.13. The van der Waals surface area contributed by atoms with Crippen molar-refractivity contribution in [2.24, 2.45) is 0 Å². The summed E-state index contributed by atoms with van der Waals surface area (Å²) in [6.07, 6.45) is 0. The Hall–Kier alpha value is -3.50. The number of rotatable bonds is 6. The van der Waals surface area contributed by atoms with E-state index in [9.17, 15) is 0 Å². The molecule has 3 heterocycles. The Morgan fingerprint density at radius 3 is 1.37 bits per heavy atom. The fourth-order valence-corrected chi connectivity index (χ4v) is 3.65. The lowest BCUT2D eigenvalue weighted by molar-refractivity contribution is 0.116. The van der Waals surface area contributed by atoms with Gasteiger partial charge in [-0.15, -0.1) is 10.2 Å². The van der Waals surface area contributed by atoms with E-state index in [0.29, 0.717) is 0 Å².